The fourth-order valence-electron chi connectivity index (χ4n) is 6.49. The zero-order valence-corrected chi connectivity index (χ0v) is 24.3. The molecular weight excluding hydrogens is 546 g/mol. The number of aliphatic hydroxyl groups excluding tert-OH is 1. The summed E-state index contributed by atoms with van der Waals surface area (Å²) in [6.45, 7) is 7.16. The van der Waals surface area contributed by atoms with Gasteiger partial charge in [0.1, 0.15) is 22.8 Å². The van der Waals surface area contributed by atoms with Gasteiger partial charge in [0, 0.05) is 54.5 Å². The SMILES string of the molecule is CCC(=O)[C@]1(O)Cc2c(O)c3c(c(O)c2[C@@H](OC2C[C@H](NC(C)C)[C@H](O)[C@H](C)O2)C1)C(=O)c1c(OC)cccc1C3=O. The van der Waals surface area contributed by atoms with Gasteiger partial charge in [-0.15, -0.1) is 0 Å². The molecule has 1 heterocycles. The molecule has 5 rings (SSSR count). The van der Waals surface area contributed by atoms with Crippen LogP contribution >= 0.6 is 0 Å². The summed E-state index contributed by atoms with van der Waals surface area (Å²) in [5.41, 5.74) is -2.90. The first-order valence-corrected chi connectivity index (χ1v) is 14.2. The number of hydrogen-bond donors (Lipinski definition) is 5. The van der Waals surface area contributed by atoms with Crippen LogP contribution in [-0.2, 0) is 20.7 Å². The molecule has 6 atom stereocenters. The van der Waals surface area contributed by atoms with E-state index in [1.807, 2.05) is 13.8 Å². The molecule has 1 saturated heterocycles. The highest BCUT2D eigenvalue weighted by atomic mass is 16.7. The minimum atomic E-state index is -1.98. The van der Waals surface area contributed by atoms with E-state index >= 15 is 0 Å². The first-order valence-electron chi connectivity index (χ1n) is 14.2. The van der Waals surface area contributed by atoms with Crippen molar-refractivity contribution in [3.05, 3.63) is 51.6 Å². The number of aromatic hydroxyl groups is 2. The van der Waals surface area contributed by atoms with E-state index in [1.54, 1.807) is 13.8 Å². The molecule has 11 nitrogen and oxygen atoms in total. The molecule has 1 aliphatic heterocycles. The molecule has 3 aliphatic rings. The number of phenolic OH excluding ortho intramolecular Hbond substituents is 2. The van der Waals surface area contributed by atoms with Gasteiger partial charge in [-0.05, 0) is 13.0 Å². The molecule has 0 bridgehead atoms. The van der Waals surface area contributed by atoms with Crippen molar-refractivity contribution in [3.8, 4) is 17.2 Å². The molecule has 5 N–H and O–H groups in total. The lowest BCUT2D eigenvalue weighted by Gasteiger charge is -2.43. The molecule has 42 heavy (non-hydrogen) atoms. The molecule has 2 aliphatic carbocycles. The molecule has 0 aromatic heterocycles. The van der Waals surface area contributed by atoms with E-state index in [0.717, 1.165) is 0 Å². The Bertz CT molecular complexity index is 1450. The topological polar surface area (TPSA) is 172 Å². The van der Waals surface area contributed by atoms with Crippen molar-refractivity contribution in [3.63, 3.8) is 0 Å². The van der Waals surface area contributed by atoms with Crippen molar-refractivity contribution in [2.24, 2.45) is 0 Å². The maximum absolute atomic E-state index is 13.8. The number of ether oxygens (including phenoxy) is 3. The minimum Gasteiger partial charge on any atom is -0.507 e. The molecule has 2 aromatic rings. The number of hydrogen-bond acceptors (Lipinski definition) is 11. The highest BCUT2D eigenvalue weighted by Gasteiger charge is 2.50. The summed E-state index contributed by atoms with van der Waals surface area (Å²) in [4.78, 5) is 40.4. The van der Waals surface area contributed by atoms with Crippen LogP contribution in [0.4, 0.5) is 0 Å². The maximum atomic E-state index is 13.8. The maximum Gasteiger partial charge on any atom is 0.202 e. The van der Waals surface area contributed by atoms with Crippen molar-refractivity contribution < 1.29 is 49.0 Å². The summed E-state index contributed by atoms with van der Waals surface area (Å²) in [5.74, 6) is -2.98. The van der Waals surface area contributed by atoms with Gasteiger partial charge in [-0.25, -0.2) is 0 Å². The third-order valence-electron chi connectivity index (χ3n) is 8.49. The normalized spacial score (nSPS) is 28.7. The molecule has 2 aromatic carbocycles. The Labute approximate surface area is 243 Å². The van der Waals surface area contributed by atoms with E-state index in [-0.39, 0.29) is 53.3 Å². The minimum absolute atomic E-state index is 0.00292. The van der Waals surface area contributed by atoms with Gasteiger partial charge in [0.2, 0.25) is 5.78 Å². The number of methoxy groups -OCH3 is 1. The van der Waals surface area contributed by atoms with Crippen LogP contribution in [0.3, 0.4) is 0 Å². The second kappa shape index (κ2) is 11.1. The molecular formula is C31H37NO10. The predicted octanol–water partition coefficient (Wildman–Crippen LogP) is 2.46. The van der Waals surface area contributed by atoms with Gasteiger partial charge in [0.25, 0.3) is 0 Å². The molecule has 0 radical (unpaired) electrons. The molecule has 0 amide bonds. The lowest BCUT2D eigenvalue weighted by molar-refractivity contribution is -0.250. The van der Waals surface area contributed by atoms with E-state index in [0.29, 0.717) is 0 Å². The Morgan fingerprint density at radius 2 is 1.83 bits per heavy atom. The number of carbonyl (C=O) groups excluding carboxylic acids is 3. The summed E-state index contributed by atoms with van der Waals surface area (Å²) >= 11 is 0. The second-order valence-corrected chi connectivity index (χ2v) is 11.6. The monoisotopic (exact) mass is 583 g/mol. The number of phenols is 2. The first kappa shape index (κ1) is 30.1. The van der Waals surface area contributed by atoms with E-state index < -0.39 is 82.6 Å². The average Bonchev–Trinajstić information content (AvgIpc) is 2.94. The lowest BCUT2D eigenvalue weighted by Crippen LogP contribution is -2.55. The third-order valence-corrected chi connectivity index (χ3v) is 8.49. The standard InChI is InChI=1S/C31H37NO10/c1-6-20(33)31(39)11-16-23(19(12-31)42-21-10-17(32-13(2)3)26(34)14(4)41-21)30(38)25-24(28(16)36)27(35)15-8-7-9-18(40-5)22(15)29(25)37/h7-9,13-14,17,19,21,26,32,34,36,38-39H,6,10-12H2,1-5H3/t14-,17-,19-,21?,26+,31-/m0/s1. The molecule has 1 fully saturated rings. The van der Waals surface area contributed by atoms with Crippen LogP contribution in [0.1, 0.15) is 96.0 Å². The number of aliphatic hydroxyl groups is 2. The van der Waals surface area contributed by atoms with Crippen LogP contribution in [-0.4, -0.2) is 81.1 Å². The molecule has 1 unspecified atom stereocenters. The van der Waals surface area contributed by atoms with Gasteiger partial charge in [0.05, 0.1) is 42.1 Å². The quantitative estimate of drug-likeness (QED) is 0.259. The Morgan fingerprint density at radius 3 is 2.48 bits per heavy atom. The van der Waals surface area contributed by atoms with Crippen molar-refractivity contribution in [2.45, 2.75) is 95.7 Å². The smallest absolute Gasteiger partial charge is 0.202 e. The Hall–Kier alpha value is -3.35. The van der Waals surface area contributed by atoms with Crippen LogP contribution in [0.2, 0.25) is 0 Å². The summed E-state index contributed by atoms with van der Waals surface area (Å²) in [6, 6.07) is 4.14. The van der Waals surface area contributed by atoms with Crippen LogP contribution in [0.15, 0.2) is 18.2 Å². The van der Waals surface area contributed by atoms with Crippen molar-refractivity contribution in [1.82, 2.24) is 5.32 Å². The van der Waals surface area contributed by atoms with Crippen molar-refractivity contribution >= 4 is 17.3 Å². The van der Waals surface area contributed by atoms with E-state index in [9.17, 15) is 34.8 Å². The van der Waals surface area contributed by atoms with Gasteiger partial charge in [-0.1, -0.05) is 32.9 Å². The molecule has 226 valence electrons. The number of fused-ring (bicyclic) bond motifs is 3. The summed E-state index contributed by atoms with van der Waals surface area (Å²) in [5, 5.41) is 48.6. The molecule has 11 heteroatoms. The number of rotatable bonds is 7. The Balaban J connectivity index is 1.65. The Morgan fingerprint density at radius 1 is 1.14 bits per heavy atom. The van der Waals surface area contributed by atoms with Crippen molar-refractivity contribution in [1.29, 1.82) is 0 Å². The van der Waals surface area contributed by atoms with Crippen LogP contribution in [0.25, 0.3) is 0 Å². The first-order chi connectivity index (χ1) is 19.8. The van der Waals surface area contributed by atoms with E-state index in [1.165, 1.54) is 25.3 Å². The van der Waals surface area contributed by atoms with Gasteiger partial charge < -0.3 is 40.0 Å². The fourth-order valence-corrected chi connectivity index (χ4v) is 6.49. The van der Waals surface area contributed by atoms with Gasteiger partial charge in [-0.2, -0.15) is 0 Å². The highest BCUT2D eigenvalue weighted by molar-refractivity contribution is 6.31. The second-order valence-electron chi connectivity index (χ2n) is 11.6. The number of Topliss-reactive ketones (excluding diaryl/α,β-unsaturated/α-hetero) is 1. The van der Waals surface area contributed by atoms with Gasteiger partial charge in [0.15, 0.2) is 17.9 Å². The average molecular weight is 584 g/mol. The summed E-state index contributed by atoms with van der Waals surface area (Å²) in [6.07, 6.45) is -4.10. The van der Waals surface area contributed by atoms with Crippen LogP contribution in [0, 0.1) is 0 Å². The highest BCUT2D eigenvalue weighted by Crippen LogP contribution is 2.52. The number of nitrogens with one attached hydrogen (secondary N) is 1. The van der Waals surface area contributed by atoms with E-state index in [4.69, 9.17) is 14.2 Å². The van der Waals surface area contributed by atoms with Crippen LogP contribution < -0.4 is 10.1 Å². The lowest BCUT2D eigenvalue weighted by atomic mass is 9.71. The zero-order chi connectivity index (χ0) is 30.7. The fraction of sp³-hybridized carbons (Fsp3) is 0.516. The number of ketones is 3. The van der Waals surface area contributed by atoms with E-state index in [2.05, 4.69) is 5.32 Å². The number of benzene rings is 2. The predicted molar refractivity (Wildman–Crippen MR) is 149 cm³/mol. The zero-order valence-electron chi connectivity index (χ0n) is 24.3. The van der Waals surface area contributed by atoms with Gasteiger partial charge >= 0.3 is 0 Å². The van der Waals surface area contributed by atoms with Gasteiger partial charge in [-0.3, -0.25) is 14.4 Å². The molecule has 0 spiro atoms. The molecule has 0 saturated carbocycles. The number of carbonyl (C=O) groups is 3. The summed E-state index contributed by atoms with van der Waals surface area (Å²) in [7, 11) is 1.35. The third kappa shape index (κ3) is 4.79. The van der Waals surface area contributed by atoms with Crippen LogP contribution in [0.5, 0.6) is 17.2 Å². The summed E-state index contributed by atoms with van der Waals surface area (Å²) < 4.78 is 17.5. The van der Waals surface area contributed by atoms with Crippen molar-refractivity contribution in [2.75, 3.05) is 7.11 Å². The largest absolute Gasteiger partial charge is 0.507 e. The Kier molecular flexibility index (Phi) is 7.92.